The van der Waals surface area contributed by atoms with Crippen LogP contribution in [0.1, 0.15) is 63.1 Å². The third kappa shape index (κ3) is 7.89. The Bertz CT molecular complexity index is 1850. The number of fused-ring (bicyclic) bond motifs is 4. The molecule has 13 nitrogen and oxygen atoms in total. The van der Waals surface area contributed by atoms with E-state index in [1.807, 2.05) is 84.9 Å². The molecule has 292 valence electrons. The van der Waals surface area contributed by atoms with Gasteiger partial charge in [-0.05, 0) is 67.5 Å². The summed E-state index contributed by atoms with van der Waals surface area (Å²) >= 11 is 2.22. The number of halogens is 1. The Morgan fingerprint density at radius 1 is 0.964 bits per heavy atom. The van der Waals surface area contributed by atoms with Crippen LogP contribution in [0.2, 0.25) is 0 Å². The predicted octanol–water partition coefficient (Wildman–Crippen LogP) is 3.88. The zero-order valence-electron chi connectivity index (χ0n) is 30.9. The third-order valence-electron chi connectivity index (χ3n) is 10.5. The number of aliphatic hydroxyl groups excluding tert-OH is 1. The lowest BCUT2D eigenvalue weighted by Gasteiger charge is -2.48. The van der Waals surface area contributed by atoms with Crippen molar-refractivity contribution < 1.29 is 48.1 Å². The smallest absolute Gasteiger partial charge is 0.327 e. The highest BCUT2D eigenvalue weighted by atomic mass is 127. The van der Waals surface area contributed by atoms with Gasteiger partial charge in [0.05, 0.1) is 19.2 Å². The number of nitrogens with zero attached hydrogens (tertiary/aromatic N) is 1. The first-order valence-electron chi connectivity index (χ1n) is 18.6. The standard InChI is InChI=1S/C41H46IN3O10/c1-39(2,3)52-32(48)18-17-29(24-46)44-31(47)19-20-43-38(50)40-22-30-33-34(54-41(53-33,26-12-6-4-7-13-26)27-14-8-5-9-15-27)36(40)55-45(35(40)37(49)51-30)23-25-11-10-16-28(42)21-25/h4-16,21,29-30,33-36,46H,17-20,22-24H2,1-3H3,(H,43,50)(H,44,47)/t29-,30+,33-,34-,35-,36+,40-/m0/s1. The topological polar surface area (TPSA) is 162 Å². The van der Waals surface area contributed by atoms with E-state index in [1.54, 1.807) is 20.8 Å². The Balaban J connectivity index is 1.14. The van der Waals surface area contributed by atoms with Crippen molar-refractivity contribution >= 4 is 46.3 Å². The van der Waals surface area contributed by atoms with Gasteiger partial charge in [0.2, 0.25) is 17.6 Å². The van der Waals surface area contributed by atoms with Gasteiger partial charge >= 0.3 is 11.9 Å². The molecule has 4 fully saturated rings. The maximum Gasteiger partial charge on any atom is 0.327 e. The summed E-state index contributed by atoms with van der Waals surface area (Å²) in [7, 11) is 0. The second-order valence-electron chi connectivity index (χ2n) is 15.4. The minimum atomic E-state index is -1.45. The normalized spacial score (nSPS) is 27.1. The minimum absolute atomic E-state index is 0.0183. The van der Waals surface area contributed by atoms with Crippen LogP contribution in [0.5, 0.6) is 0 Å². The Morgan fingerprint density at radius 3 is 2.27 bits per heavy atom. The number of hydroxylamine groups is 2. The number of esters is 2. The van der Waals surface area contributed by atoms with E-state index in [-0.39, 0.29) is 45.4 Å². The molecule has 1 saturated carbocycles. The fourth-order valence-electron chi connectivity index (χ4n) is 8.15. The molecule has 3 aromatic carbocycles. The van der Waals surface area contributed by atoms with Crippen LogP contribution in [-0.2, 0) is 55.3 Å². The summed E-state index contributed by atoms with van der Waals surface area (Å²) in [5.41, 5.74) is 0.248. The van der Waals surface area contributed by atoms with Crippen LogP contribution in [0.25, 0.3) is 0 Å². The van der Waals surface area contributed by atoms with Gasteiger partial charge < -0.3 is 34.7 Å². The molecule has 0 radical (unpaired) electrons. The predicted molar refractivity (Wildman–Crippen MR) is 205 cm³/mol. The van der Waals surface area contributed by atoms with Gasteiger partial charge in [-0.2, -0.15) is 5.06 Å². The Morgan fingerprint density at radius 2 is 1.64 bits per heavy atom. The van der Waals surface area contributed by atoms with Crippen molar-refractivity contribution in [1.82, 2.24) is 15.7 Å². The molecule has 2 bridgehead atoms. The number of hydrogen-bond acceptors (Lipinski definition) is 11. The number of nitrogens with one attached hydrogen (secondary N) is 2. The lowest BCUT2D eigenvalue weighted by Crippen LogP contribution is -2.69. The van der Waals surface area contributed by atoms with Gasteiger partial charge in [-0.25, -0.2) is 0 Å². The van der Waals surface area contributed by atoms with Crippen molar-refractivity contribution in [2.45, 2.75) is 101 Å². The van der Waals surface area contributed by atoms with E-state index in [0.29, 0.717) is 0 Å². The van der Waals surface area contributed by atoms with Crippen molar-refractivity contribution in [3.8, 4) is 0 Å². The van der Waals surface area contributed by atoms with Gasteiger partial charge in [0.1, 0.15) is 35.4 Å². The van der Waals surface area contributed by atoms with E-state index in [0.717, 1.165) is 20.3 Å². The fourth-order valence-corrected chi connectivity index (χ4v) is 8.76. The van der Waals surface area contributed by atoms with E-state index in [4.69, 9.17) is 23.8 Å². The second kappa shape index (κ2) is 15.9. The minimum Gasteiger partial charge on any atom is -0.460 e. The lowest BCUT2D eigenvalue weighted by atomic mass is 9.62. The van der Waals surface area contributed by atoms with E-state index >= 15 is 0 Å². The molecule has 0 spiro atoms. The number of rotatable bonds is 13. The number of benzene rings is 3. The highest BCUT2D eigenvalue weighted by molar-refractivity contribution is 14.1. The molecule has 3 aliphatic heterocycles. The number of carbonyl (C=O) groups is 4. The summed E-state index contributed by atoms with van der Waals surface area (Å²) in [5, 5.41) is 17.1. The summed E-state index contributed by atoms with van der Waals surface area (Å²) in [6, 6.07) is 25.0. The van der Waals surface area contributed by atoms with Gasteiger partial charge in [-0.15, -0.1) is 0 Å². The van der Waals surface area contributed by atoms with Crippen molar-refractivity contribution in [1.29, 1.82) is 0 Å². The van der Waals surface area contributed by atoms with Crippen LogP contribution < -0.4 is 10.6 Å². The fraction of sp³-hybridized carbons (Fsp3) is 0.463. The molecular weight excluding hydrogens is 821 g/mol. The van der Waals surface area contributed by atoms with Crippen molar-refractivity contribution in [3.63, 3.8) is 0 Å². The average Bonchev–Trinajstić information content (AvgIpc) is 3.73. The number of amides is 2. The number of carbonyl (C=O) groups excluding carboxylic acids is 4. The van der Waals surface area contributed by atoms with Crippen molar-refractivity contribution in [2.24, 2.45) is 5.41 Å². The average molecular weight is 868 g/mol. The highest BCUT2D eigenvalue weighted by Crippen LogP contribution is 2.59. The zero-order valence-corrected chi connectivity index (χ0v) is 33.1. The van der Waals surface area contributed by atoms with Gasteiger partial charge in [0.25, 0.3) is 0 Å². The molecule has 3 saturated heterocycles. The molecule has 3 N–H and O–H groups in total. The Labute approximate surface area is 333 Å². The maximum atomic E-state index is 14.7. The largest absolute Gasteiger partial charge is 0.460 e. The Hall–Kier alpha value is -3.93. The van der Waals surface area contributed by atoms with Gasteiger partial charge in [0.15, 0.2) is 6.04 Å². The molecule has 14 heteroatoms. The Kier molecular flexibility index (Phi) is 11.4. The van der Waals surface area contributed by atoms with Crippen molar-refractivity contribution in [2.75, 3.05) is 13.2 Å². The summed E-state index contributed by atoms with van der Waals surface area (Å²) in [5.74, 6) is -3.31. The first kappa shape index (κ1) is 39.3. The quantitative estimate of drug-likeness (QED) is 0.169. The van der Waals surface area contributed by atoms with Crippen molar-refractivity contribution in [3.05, 3.63) is 105 Å². The van der Waals surface area contributed by atoms with E-state index < -0.39 is 77.1 Å². The van der Waals surface area contributed by atoms with E-state index in [9.17, 15) is 24.3 Å². The monoisotopic (exact) mass is 867 g/mol. The molecule has 7 atom stereocenters. The molecule has 2 amide bonds. The van der Waals surface area contributed by atoms with Crippen LogP contribution >= 0.6 is 22.6 Å². The first-order valence-corrected chi connectivity index (χ1v) is 19.7. The van der Waals surface area contributed by atoms with Gasteiger partial charge in [-0.1, -0.05) is 72.8 Å². The molecular formula is C41H46IN3O10. The van der Waals surface area contributed by atoms with E-state index in [1.165, 1.54) is 5.06 Å². The van der Waals surface area contributed by atoms with Crippen LogP contribution in [0.3, 0.4) is 0 Å². The molecule has 1 aliphatic carbocycles. The number of aliphatic hydroxyl groups is 1. The molecule has 55 heavy (non-hydrogen) atoms. The summed E-state index contributed by atoms with van der Waals surface area (Å²) in [6.07, 6.45) is -3.19. The third-order valence-corrected chi connectivity index (χ3v) is 11.1. The molecule has 4 aliphatic rings. The highest BCUT2D eigenvalue weighted by Gasteiger charge is 2.76. The SMILES string of the molecule is CC(C)(C)OC(=O)CC[C@@H](CO)NC(=O)CCNC(=O)[C@@]12C[C@H]3OC(=O)[C@@H]1N(Cc1cccc(I)c1)O[C@@H]2[C@H]1OC(c2ccccc2)(c2ccccc2)O[C@H]13. The zero-order chi connectivity index (χ0) is 39.0. The molecule has 0 aromatic heterocycles. The molecule has 3 aromatic rings. The summed E-state index contributed by atoms with van der Waals surface area (Å²) in [4.78, 5) is 60.7. The number of ether oxygens (including phenoxy) is 4. The van der Waals surface area contributed by atoms with Crippen LogP contribution in [0.15, 0.2) is 84.9 Å². The summed E-state index contributed by atoms with van der Waals surface area (Å²) < 4.78 is 26.4. The lowest BCUT2D eigenvalue weighted by molar-refractivity contribution is -0.213. The number of hydrogen-bond donors (Lipinski definition) is 3. The second-order valence-corrected chi connectivity index (χ2v) is 16.7. The summed E-state index contributed by atoms with van der Waals surface area (Å²) in [6.45, 7) is 5.06. The van der Waals surface area contributed by atoms with Crippen LogP contribution in [0, 0.1) is 8.99 Å². The van der Waals surface area contributed by atoms with Gasteiger partial charge in [0, 0.05) is 40.5 Å². The molecule has 7 rings (SSSR count). The van der Waals surface area contributed by atoms with Crippen LogP contribution in [-0.4, -0.2) is 89.2 Å². The molecule has 0 unspecified atom stereocenters. The molecule has 3 heterocycles. The van der Waals surface area contributed by atoms with Gasteiger partial charge in [-0.3, -0.25) is 24.0 Å². The van der Waals surface area contributed by atoms with Crippen LogP contribution in [0.4, 0.5) is 0 Å². The first-order chi connectivity index (χ1) is 26.3. The maximum absolute atomic E-state index is 14.7. The van der Waals surface area contributed by atoms with E-state index in [2.05, 4.69) is 33.2 Å².